The van der Waals surface area contributed by atoms with Crippen molar-refractivity contribution in [1.29, 1.82) is 0 Å². The lowest BCUT2D eigenvalue weighted by Crippen LogP contribution is -2.04. The Morgan fingerprint density at radius 1 is 1.57 bits per heavy atom. The molecule has 0 radical (unpaired) electrons. The van der Waals surface area contributed by atoms with Crippen molar-refractivity contribution in [3.63, 3.8) is 0 Å². The first-order valence-electron chi connectivity index (χ1n) is 3.96. The molecule has 0 aliphatic carbocycles. The Morgan fingerprint density at radius 2 is 2.43 bits per heavy atom. The highest BCUT2D eigenvalue weighted by molar-refractivity contribution is 6.28. The lowest BCUT2D eigenvalue weighted by atomic mass is 10.3. The van der Waals surface area contributed by atoms with E-state index in [4.69, 9.17) is 21.1 Å². The van der Waals surface area contributed by atoms with Crippen molar-refractivity contribution in [2.45, 2.75) is 6.92 Å². The van der Waals surface area contributed by atoms with Crippen LogP contribution >= 0.6 is 11.6 Å². The van der Waals surface area contributed by atoms with Gasteiger partial charge in [0.15, 0.2) is 0 Å². The van der Waals surface area contributed by atoms with Crippen LogP contribution in [0.2, 0.25) is 5.28 Å². The molecule has 0 aromatic carbocycles. The molecule has 1 aromatic rings. The van der Waals surface area contributed by atoms with Crippen LogP contribution in [0.1, 0.15) is 5.56 Å². The van der Waals surface area contributed by atoms with E-state index in [1.807, 2.05) is 6.92 Å². The summed E-state index contributed by atoms with van der Waals surface area (Å²) >= 11 is 5.65. The summed E-state index contributed by atoms with van der Waals surface area (Å²) in [5.74, 6) is 1.13. The number of ether oxygens (including phenoxy) is 2. The minimum atomic E-state index is 0.192. The average molecular weight is 214 g/mol. The summed E-state index contributed by atoms with van der Waals surface area (Å²) in [7, 11) is 0. The number of hydrogen-bond acceptors (Lipinski definition) is 5. The van der Waals surface area contributed by atoms with E-state index >= 15 is 0 Å². The monoisotopic (exact) mass is 213 g/mol. The third-order valence-corrected chi connectivity index (χ3v) is 1.84. The first-order chi connectivity index (χ1) is 6.75. The van der Waals surface area contributed by atoms with Crippen LogP contribution in [0.25, 0.3) is 0 Å². The third-order valence-electron chi connectivity index (χ3n) is 1.66. The normalized spacial score (nSPS) is 14.3. The number of hydrogen-bond donors (Lipinski definition) is 1. The minimum Gasteiger partial charge on any atom is -0.459 e. The molecule has 74 valence electrons. The van der Waals surface area contributed by atoms with Crippen molar-refractivity contribution in [3.8, 4) is 0 Å². The average Bonchev–Trinajstić information content (AvgIpc) is 2.64. The van der Waals surface area contributed by atoms with E-state index in [0.717, 1.165) is 5.56 Å². The van der Waals surface area contributed by atoms with Crippen LogP contribution in [0.15, 0.2) is 18.3 Å². The molecule has 0 spiro atoms. The molecule has 0 atom stereocenters. The van der Waals surface area contributed by atoms with Crippen molar-refractivity contribution in [2.75, 3.05) is 12.1 Å². The van der Waals surface area contributed by atoms with Crippen molar-refractivity contribution >= 4 is 17.4 Å². The second-order valence-electron chi connectivity index (χ2n) is 2.71. The number of aromatic nitrogens is 2. The van der Waals surface area contributed by atoms with Crippen molar-refractivity contribution in [1.82, 2.24) is 9.97 Å². The topological polar surface area (TPSA) is 56.3 Å². The molecule has 1 aliphatic heterocycles. The van der Waals surface area contributed by atoms with Gasteiger partial charge in [-0.1, -0.05) is 0 Å². The largest absolute Gasteiger partial charge is 0.459 e. The Kier molecular flexibility index (Phi) is 2.41. The van der Waals surface area contributed by atoms with Crippen LogP contribution in [-0.4, -0.2) is 16.8 Å². The van der Waals surface area contributed by atoms with Gasteiger partial charge in [0, 0.05) is 11.8 Å². The highest BCUT2D eigenvalue weighted by atomic mass is 35.5. The van der Waals surface area contributed by atoms with Crippen LogP contribution in [0, 0.1) is 6.92 Å². The Hall–Kier alpha value is -1.49. The molecular weight excluding hydrogens is 206 g/mol. The smallest absolute Gasteiger partial charge is 0.232 e. The maximum absolute atomic E-state index is 5.65. The van der Waals surface area contributed by atoms with Crippen LogP contribution in [0.3, 0.4) is 0 Å². The SMILES string of the molecule is Cc1cnc(Cl)nc1NC1=COCO1. The second kappa shape index (κ2) is 3.71. The number of anilines is 1. The van der Waals surface area contributed by atoms with Gasteiger partial charge in [0.1, 0.15) is 12.1 Å². The van der Waals surface area contributed by atoms with Crippen molar-refractivity contribution in [2.24, 2.45) is 0 Å². The number of halogens is 1. The van der Waals surface area contributed by atoms with E-state index in [9.17, 15) is 0 Å². The molecule has 0 saturated heterocycles. The summed E-state index contributed by atoms with van der Waals surface area (Å²) in [6.45, 7) is 2.09. The third kappa shape index (κ3) is 1.88. The van der Waals surface area contributed by atoms with Gasteiger partial charge in [-0.2, -0.15) is 0 Å². The van der Waals surface area contributed by atoms with Gasteiger partial charge in [-0.05, 0) is 18.5 Å². The van der Waals surface area contributed by atoms with Gasteiger partial charge < -0.3 is 14.8 Å². The van der Waals surface area contributed by atoms with E-state index in [2.05, 4.69) is 15.3 Å². The molecule has 0 saturated carbocycles. The lowest BCUT2D eigenvalue weighted by Gasteiger charge is -2.06. The summed E-state index contributed by atoms with van der Waals surface area (Å²) < 4.78 is 9.95. The van der Waals surface area contributed by atoms with Gasteiger partial charge in [-0.3, -0.25) is 0 Å². The quantitative estimate of drug-likeness (QED) is 0.758. The molecule has 6 heteroatoms. The molecule has 14 heavy (non-hydrogen) atoms. The van der Waals surface area contributed by atoms with E-state index in [0.29, 0.717) is 11.7 Å². The van der Waals surface area contributed by atoms with Gasteiger partial charge in [0.2, 0.25) is 18.0 Å². The zero-order valence-electron chi connectivity index (χ0n) is 7.45. The minimum absolute atomic E-state index is 0.192. The predicted molar refractivity (Wildman–Crippen MR) is 50.5 cm³/mol. The summed E-state index contributed by atoms with van der Waals surface area (Å²) in [6.07, 6.45) is 3.11. The summed E-state index contributed by atoms with van der Waals surface area (Å²) in [4.78, 5) is 7.84. The first kappa shape index (κ1) is 9.08. The molecule has 0 bridgehead atoms. The summed E-state index contributed by atoms with van der Waals surface area (Å²) in [5, 5.41) is 3.12. The first-order valence-corrected chi connectivity index (χ1v) is 4.34. The van der Waals surface area contributed by atoms with Gasteiger partial charge in [0.05, 0.1) is 0 Å². The molecule has 1 aromatic heterocycles. The molecule has 0 unspecified atom stereocenters. The zero-order valence-corrected chi connectivity index (χ0v) is 8.21. The number of aryl methyl sites for hydroxylation is 1. The lowest BCUT2D eigenvalue weighted by molar-refractivity contribution is 0.0822. The van der Waals surface area contributed by atoms with E-state index < -0.39 is 0 Å². The number of rotatable bonds is 2. The molecule has 0 amide bonds. The predicted octanol–water partition coefficient (Wildman–Crippen LogP) is 1.65. The van der Waals surface area contributed by atoms with Crippen molar-refractivity contribution in [3.05, 3.63) is 29.2 Å². The molecule has 1 N–H and O–H groups in total. The molecule has 1 aliphatic rings. The second-order valence-corrected chi connectivity index (χ2v) is 3.04. The standard InChI is InChI=1S/C8H8ClN3O2/c1-5-2-10-8(9)12-7(5)11-6-3-13-4-14-6/h2-3H,4H2,1H3,(H,10,11,12). The summed E-state index contributed by atoms with van der Waals surface area (Å²) in [5.41, 5.74) is 0.880. The van der Waals surface area contributed by atoms with Gasteiger partial charge >= 0.3 is 0 Å². The van der Waals surface area contributed by atoms with Crippen LogP contribution in [0.4, 0.5) is 5.82 Å². The Bertz CT molecular complexity index is 381. The van der Waals surface area contributed by atoms with E-state index in [1.54, 1.807) is 6.20 Å². The number of nitrogens with zero attached hydrogens (tertiary/aromatic N) is 2. The van der Waals surface area contributed by atoms with Gasteiger partial charge in [0.25, 0.3) is 0 Å². The van der Waals surface area contributed by atoms with Crippen LogP contribution in [-0.2, 0) is 9.47 Å². The molecule has 2 rings (SSSR count). The van der Waals surface area contributed by atoms with Crippen molar-refractivity contribution < 1.29 is 9.47 Å². The maximum atomic E-state index is 5.65. The number of nitrogens with one attached hydrogen (secondary N) is 1. The Labute approximate surface area is 85.7 Å². The maximum Gasteiger partial charge on any atom is 0.232 e. The van der Waals surface area contributed by atoms with E-state index in [-0.39, 0.29) is 12.1 Å². The van der Waals surface area contributed by atoms with E-state index in [1.165, 1.54) is 6.26 Å². The molecule has 0 fully saturated rings. The Balaban J connectivity index is 2.19. The van der Waals surface area contributed by atoms with Gasteiger partial charge in [-0.15, -0.1) is 0 Å². The highest BCUT2D eigenvalue weighted by Crippen LogP contribution is 2.16. The summed E-state index contributed by atoms with van der Waals surface area (Å²) in [6, 6.07) is 0. The molecule has 5 nitrogen and oxygen atoms in total. The van der Waals surface area contributed by atoms with Crippen LogP contribution in [0.5, 0.6) is 0 Å². The fourth-order valence-electron chi connectivity index (χ4n) is 0.971. The fourth-order valence-corrected chi connectivity index (χ4v) is 1.10. The van der Waals surface area contributed by atoms with Gasteiger partial charge in [-0.25, -0.2) is 9.97 Å². The molecule has 2 heterocycles. The Morgan fingerprint density at radius 3 is 3.14 bits per heavy atom. The molecular formula is C8H8ClN3O2. The fraction of sp³-hybridized carbons (Fsp3) is 0.250. The highest BCUT2D eigenvalue weighted by Gasteiger charge is 2.09. The van der Waals surface area contributed by atoms with Crippen LogP contribution < -0.4 is 5.32 Å². The zero-order chi connectivity index (χ0) is 9.97.